The van der Waals surface area contributed by atoms with Gasteiger partial charge in [-0.1, -0.05) is 31.4 Å². The number of halogens is 1. The maximum Gasteiger partial charge on any atom is 0.168 e. The van der Waals surface area contributed by atoms with Gasteiger partial charge in [0.25, 0.3) is 0 Å². The highest BCUT2D eigenvalue weighted by atomic mass is 19.1. The number of ether oxygens (including phenoxy) is 1. The molecule has 2 nitrogen and oxygen atoms in total. The summed E-state index contributed by atoms with van der Waals surface area (Å²) in [7, 11) is 0. The van der Waals surface area contributed by atoms with Gasteiger partial charge in [0.15, 0.2) is 5.78 Å². The molecule has 0 amide bonds. The summed E-state index contributed by atoms with van der Waals surface area (Å²) in [5.74, 6) is -0.131. The molecule has 1 aliphatic carbocycles. The van der Waals surface area contributed by atoms with Crippen molar-refractivity contribution in [2.75, 3.05) is 6.61 Å². The van der Waals surface area contributed by atoms with Crippen LogP contribution in [0.25, 0.3) is 0 Å². The Hall–Kier alpha value is -1.22. The summed E-state index contributed by atoms with van der Waals surface area (Å²) in [5.41, 5.74) is 0.262. The van der Waals surface area contributed by atoms with Gasteiger partial charge in [-0.05, 0) is 37.5 Å². The fraction of sp³-hybridized carbons (Fsp3) is 0.562. The quantitative estimate of drug-likeness (QED) is 0.811. The van der Waals surface area contributed by atoms with E-state index in [4.69, 9.17) is 4.74 Å². The van der Waals surface area contributed by atoms with E-state index in [-0.39, 0.29) is 11.6 Å². The van der Waals surface area contributed by atoms with Crippen LogP contribution in [-0.4, -0.2) is 18.0 Å². The molecular formula is C16H21FO2. The van der Waals surface area contributed by atoms with Crippen molar-refractivity contribution < 1.29 is 13.9 Å². The Bertz CT molecular complexity index is 413. The SMILES string of the molecule is CCOC1(C(=O)Cc2ccc(F)cc2)CCCCC1. The third kappa shape index (κ3) is 3.41. The fourth-order valence-electron chi connectivity index (χ4n) is 2.85. The molecule has 0 saturated heterocycles. The molecular weight excluding hydrogens is 243 g/mol. The first-order valence-electron chi connectivity index (χ1n) is 7.08. The Kier molecular flexibility index (Phi) is 4.70. The van der Waals surface area contributed by atoms with Crippen LogP contribution in [0.2, 0.25) is 0 Å². The number of carbonyl (C=O) groups is 1. The van der Waals surface area contributed by atoms with Crippen molar-refractivity contribution in [1.82, 2.24) is 0 Å². The highest BCUT2D eigenvalue weighted by Crippen LogP contribution is 2.33. The molecule has 0 spiro atoms. The molecule has 0 aliphatic heterocycles. The van der Waals surface area contributed by atoms with Gasteiger partial charge in [-0.2, -0.15) is 0 Å². The second-order valence-electron chi connectivity index (χ2n) is 5.21. The van der Waals surface area contributed by atoms with Gasteiger partial charge in [-0.25, -0.2) is 4.39 Å². The summed E-state index contributed by atoms with van der Waals surface area (Å²) in [6, 6.07) is 6.15. The third-order valence-electron chi connectivity index (χ3n) is 3.87. The van der Waals surface area contributed by atoms with Crippen molar-refractivity contribution in [2.24, 2.45) is 0 Å². The molecule has 0 heterocycles. The van der Waals surface area contributed by atoms with E-state index in [0.717, 1.165) is 31.2 Å². The standard InChI is InChI=1S/C16H21FO2/c1-2-19-16(10-4-3-5-11-16)15(18)12-13-6-8-14(17)9-7-13/h6-9H,2-5,10-12H2,1H3. The smallest absolute Gasteiger partial charge is 0.168 e. The van der Waals surface area contributed by atoms with E-state index in [1.807, 2.05) is 6.92 Å². The maximum absolute atomic E-state index is 12.9. The highest BCUT2D eigenvalue weighted by Gasteiger charge is 2.39. The molecule has 1 saturated carbocycles. The van der Waals surface area contributed by atoms with Crippen LogP contribution in [0.3, 0.4) is 0 Å². The van der Waals surface area contributed by atoms with Gasteiger partial charge in [0, 0.05) is 13.0 Å². The van der Waals surface area contributed by atoms with Crippen LogP contribution in [0.5, 0.6) is 0 Å². The molecule has 0 bridgehead atoms. The first-order chi connectivity index (χ1) is 9.16. The normalized spacial score (nSPS) is 18.2. The van der Waals surface area contributed by atoms with Crippen LogP contribution >= 0.6 is 0 Å². The number of hydrogen-bond acceptors (Lipinski definition) is 2. The van der Waals surface area contributed by atoms with E-state index < -0.39 is 5.60 Å². The average Bonchev–Trinajstić information content (AvgIpc) is 2.43. The minimum Gasteiger partial charge on any atom is -0.367 e. The van der Waals surface area contributed by atoms with Crippen LogP contribution in [-0.2, 0) is 16.0 Å². The minimum absolute atomic E-state index is 0.139. The lowest BCUT2D eigenvalue weighted by molar-refractivity contribution is -0.148. The molecule has 0 atom stereocenters. The van der Waals surface area contributed by atoms with Gasteiger partial charge in [0.2, 0.25) is 0 Å². The lowest BCUT2D eigenvalue weighted by Crippen LogP contribution is -2.44. The second kappa shape index (κ2) is 6.29. The molecule has 1 aromatic rings. The van der Waals surface area contributed by atoms with Gasteiger partial charge < -0.3 is 4.74 Å². The van der Waals surface area contributed by atoms with Gasteiger partial charge in [0.05, 0.1) is 0 Å². The predicted molar refractivity (Wildman–Crippen MR) is 72.6 cm³/mol. The molecule has 3 heteroatoms. The van der Waals surface area contributed by atoms with Crippen LogP contribution < -0.4 is 0 Å². The molecule has 0 aromatic heterocycles. The molecule has 1 aliphatic rings. The number of ketones is 1. The topological polar surface area (TPSA) is 26.3 Å². The molecule has 1 aromatic carbocycles. The predicted octanol–water partition coefficient (Wildman–Crippen LogP) is 3.68. The first-order valence-corrected chi connectivity index (χ1v) is 7.08. The van der Waals surface area contributed by atoms with Gasteiger partial charge in [0.1, 0.15) is 11.4 Å². The first kappa shape index (κ1) is 14.2. The van der Waals surface area contributed by atoms with Crippen LogP contribution in [0.4, 0.5) is 4.39 Å². The molecule has 104 valence electrons. The molecule has 0 unspecified atom stereocenters. The third-order valence-corrected chi connectivity index (χ3v) is 3.87. The number of hydrogen-bond donors (Lipinski definition) is 0. The monoisotopic (exact) mass is 264 g/mol. The summed E-state index contributed by atoms with van der Waals surface area (Å²) in [6.07, 6.45) is 5.25. The minimum atomic E-state index is -0.596. The summed E-state index contributed by atoms with van der Waals surface area (Å²) in [4.78, 5) is 12.5. The van der Waals surface area contributed by atoms with E-state index >= 15 is 0 Å². The number of Topliss-reactive ketones (excluding diaryl/α,β-unsaturated/α-hetero) is 1. The molecule has 2 rings (SSSR count). The summed E-state index contributed by atoms with van der Waals surface area (Å²) < 4.78 is 18.7. The summed E-state index contributed by atoms with van der Waals surface area (Å²) in [5, 5.41) is 0. The zero-order chi connectivity index (χ0) is 13.7. The van der Waals surface area contributed by atoms with E-state index in [1.165, 1.54) is 18.6 Å². The lowest BCUT2D eigenvalue weighted by atomic mass is 9.79. The van der Waals surface area contributed by atoms with Crippen LogP contribution in [0, 0.1) is 5.82 Å². The second-order valence-corrected chi connectivity index (χ2v) is 5.21. The van der Waals surface area contributed by atoms with E-state index in [9.17, 15) is 9.18 Å². The molecule has 19 heavy (non-hydrogen) atoms. The van der Waals surface area contributed by atoms with E-state index in [2.05, 4.69) is 0 Å². The fourth-order valence-corrected chi connectivity index (χ4v) is 2.85. The molecule has 0 radical (unpaired) electrons. The van der Waals surface area contributed by atoms with Crippen molar-refractivity contribution in [2.45, 2.75) is 51.0 Å². The van der Waals surface area contributed by atoms with Gasteiger partial charge in [-0.15, -0.1) is 0 Å². The summed E-state index contributed by atoms with van der Waals surface area (Å²) in [6.45, 7) is 2.50. The number of rotatable bonds is 5. The zero-order valence-corrected chi connectivity index (χ0v) is 11.5. The van der Waals surface area contributed by atoms with Crippen LogP contribution in [0.15, 0.2) is 24.3 Å². The molecule has 1 fully saturated rings. The Morgan fingerprint density at radius 3 is 2.42 bits per heavy atom. The van der Waals surface area contributed by atoms with Crippen molar-refractivity contribution in [3.8, 4) is 0 Å². The lowest BCUT2D eigenvalue weighted by Gasteiger charge is -2.35. The van der Waals surface area contributed by atoms with Crippen molar-refractivity contribution >= 4 is 5.78 Å². The number of benzene rings is 1. The van der Waals surface area contributed by atoms with E-state index in [1.54, 1.807) is 12.1 Å². The zero-order valence-electron chi connectivity index (χ0n) is 11.5. The van der Waals surface area contributed by atoms with Gasteiger partial charge >= 0.3 is 0 Å². The highest BCUT2D eigenvalue weighted by molar-refractivity contribution is 5.89. The van der Waals surface area contributed by atoms with Crippen LogP contribution in [0.1, 0.15) is 44.6 Å². The summed E-state index contributed by atoms with van der Waals surface area (Å²) >= 11 is 0. The Labute approximate surface area is 114 Å². The van der Waals surface area contributed by atoms with E-state index in [0.29, 0.717) is 13.0 Å². The number of carbonyl (C=O) groups excluding carboxylic acids is 1. The average molecular weight is 264 g/mol. The Morgan fingerprint density at radius 2 is 1.84 bits per heavy atom. The van der Waals surface area contributed by atoms with Crippen molar-refractivity contribution in [1.29, 1.82) is 0 Å². The Morgan fingerprint density at radius 1 is 1.21 bits per heavy atom. The largest absolute Gasteiger partial charge is 0.367 e. The van der Waals surface area contributed by atoms with Crippen molar-refractivity contribution in [3.63, 3.8) is 0 Å². The van der Waals surface area contributed by atoms with Gasteiger partial charge in [-0.3, -0.25) is 4.79 Å². The van der Waals surface area contributed by atoms with Crippen molar-refractivity contribution in [3.05, 3.63) is 35.6 Å². The Balaban J connectivity index is 2.09. The maximum atomic E-state index is 12.9. The molecule has 0 N–H and O–H groups in total.